The Labute approximate surface area is 180 Å². The van der Waals surface area contributed by atoms with Crippen LogP contribution in [0.2, 0.25) is 0 Å². The van der Waals surface area contributed by atoms with E-state index in [0.29, 0.717) is 30.4 Å². The standard InChI is InChI=1S/C22H24F3N3O.ClH/c1-2-3-11-27-12-14-28(15-13-27)21-20-16(22(23,24)25)7-6-10-19(20)29-18-9-5-4-8-17(18)26-21;/h4-10H,2-3,11-15H2,1H3;1H. The fourth-order valence-electron chi connectivity index (χ4n) is 3.80. The minimum absolute atomic E-state index is 0. The fourth-order valence-corrected chi connectivity index (χ4v) is 3.80. The van der Waals surface area contributed by atoms with Crippen molar-refractivity contribution in [2.24, 2.45) is 4.99 Å². The first-order chi connectivity index (χ1) is 14.0. The van der Waals surface area contributed by atoms with Crippen LogP contribution in [0.4, 0.5) is 18.9 Å². The molecular weight excluding hydrogens is 415 g/mol. The van der Waals surface area contributed by atoms with Crippen molar-refractivity contribution in [3.8, 4) is 11.5 Å². The summed E-state index contributed by atoms with van der Waals surface area (Å²) in [6.07, 6.45) is -2.23. The Balaban J connectivity index is 0.00000256. The SMILES string of the molecule is CCCCN1CCN(C2=Nc3ccccc3Oc3cccc(C(F)(F)F)c32)CC1.Cl. The Bertz CT molecular complexity index is 909. The number of ether oxygens (including phenoxy) is 1. The molecule has 162 valence electrons. The van der Waals surface area contributed by atoms with Crippen LogP contribution in [0.15, 0.2) is 47.5 Å². The van der Waals surface area contributed by atoms with Gasteiger partial charge in [0.15, 0.2) is 5.75 Å². The molecule has 0 radical (unpaired) electrons. The maximum absolute atomic E-state index is 13.8. The maximum atomic E-state index is 13.8. The van der Waals surface area contributed by atoms with E-state index in [0.717, 1.165) is 38.5 Å². The quantitative estimate of drug-likeness (QED) is 0.611. The number of alkyl halides is 3. The molecule has 30 heavy (non-hydrogen) atoms. The lowest BCUT2D eigenvalue weighted by atomic mass is 10.0. The molecule has 0 aliphatic carbocycles. The van der Waals surface area contributed by atoms with Crippen LogP contribution in [0.1, 0.15) is 30.9 Å². The first-order valence-electron chi connectivity index (χ1n) is 10.0. The predicted molar refractivity (Wildman–Crippen MR) is 114 cm³/mol. The molecule has 2 heterocycles. The number of fused-ring (bicyclic) bond motifs is 2. The van der Waals surface area contributed by atoms with Crippen molar-refractivity contribution in [2.45, 2.75) is 25.9 Å². The molecule has 0 aromatic heterocycles. The van der Waals surface area contributed by atoms with Crippen LogP contribution in [0.5, 0.6) is 11.5 Å². The summed E-state index contributed by atoms with van der Waals surface area (Å²) in [6.45, 7) is 6.07. The molecule has 2 aromatic rings. The number of para-hydroxylation sites is 2. The van der Waals surface area contributed by atoms with Crippen molar-refractivity contribution in [3.63, 3.8) is 0 Å². The van der Waals surface area contributed by atoms with Crippen LogP contribution < -0.4 is 4.74 Å². The summed E-state index contributed by atoms with van der Waals surface area (Å²) in [7, 11) is 0. The van der Waals surface area contributed by atoms with E-state index < -0.39 is 11.7 Å². The van der Waals surface area contributed by atoms with E-state index in [1.165, 1.54) is 6.07 Å². The van der Waals surface area contributed by atoms with Crippen molar-refractivity contribution in [1.29, 1.82) is 0 Å². The summed E-state index contributed by atoms with van der Waals surface area (Å²) < 4.78 is 47.4. The molecule has 1 fully saturated rings. The van der Waals surface area contributed by atoms with Crippen molar-refractivity contribution in [3.05, 3.63) is 53.6 Å². The highest BCUT2D eigenvalue weighted by Crippen LogP contribution is 2.43. The van der Waals surface area contributed by atoms with Gasteiger partial charge in [-0.3, -0.25) is 4.90 Å². The third kappa shape index (κ3) is 4.57. The van der Waals surface area contributed by atoms with Gasteiger partial charge in [0.1, 0.15) is 17.3 Å². The van der Waals surface area contributed by atoms with Crippen LogP contribution in [-0.4, -0.2) is 48.4 Å². The predicted octanol–water partition coefficient (Wildman–Crippen LogP) is 5.73. The summed E-state index contributed by atoms with van der Waals surface area (Å²) in [5.74, 6) is 0.995. The molecule has 2 aliphatic rings. The van der Waals surface area contributed by atoms with Gasteiger partial charge in [-0.25, -0.2) is 4.99 Å². The third-order valence-corrected chi connectivity index (χ3v) is 5.37. The molecule has 4 rings (SSSR count). The highest BCUT2D eigenvalue weighted by Gasteiger charge is 2.38. The Morgan fingerprint density at radius 3 is 2.37 bits per heavy atom. The van der Waals surface area contributed by atoms with E-state index in [1.807, 2.05) is 11.0 Å². The number of amidine groups is 1. The summed E-state index contributed by atoms with van der Waals surface area (Å²) in [6, 6.07) is 11.2. The zero-order chi connectivity index (χ0) is 20.4. The van der Waals surface area contributed by atoms with Gasteiger partial charge in [0, 0.05) is 26.2 Å². The van der Waals surface area contributed by atoms with Gasteiger partial charge in [-0.15, -0.1) is 12.4 Å². The third-order valence-electron chi connectivity index (χ3n) is 5.37. The van der Waals surface area contributed by atoms with Crippen molar-refractivity contribution in [1.82, 2.24) is 9.80 Å². The van der Waals surface area contributed by atoms with Gasteiger partial charge in [-0.1, -0.05) is 31.5 Å². The minimum Gasteiger partial charge on any atom is -0.454 e. The van der Waals surface area contributed by atoms with E-state index in [9.17, 15) is 13.2 Å². The molecule has 1 saturated heterocycles. The molecule has 4 nitrogen and oxygen atoms in total. The number of piperazine rings is 1. The molecule has 2 aliphatic heterocycles. The number of halogens is 4. The number of rotatable bonds is 3. The zero-order valence-electron chi connectivity index (χ0n) is 16.8. The Hall–Kier alpha value is -2.25. The first kappa shape index (κ1) is 22.4. The average Bonchev–Trinajstić information content (AvgIpc) is 2.88. The Kier molecular flexibility index (Phi) is 6.93. The van der Waals surface area contributed by atoms with Crippen molar-refractivity contribution in [2.75, 3.05) is 32.7 Å². The van der Waals surface area contributed by atoms with E-state index in [2.05, 4.69) is 16.8 Å². The average molecular weight is 440 g/mol. The van der Waals surface area contributed by atoms with Gasteiger partial charge < -0.3 is 9.64 Å². The van der Waals surface area contributed by atoms with Gasteiger partial charge in [0.25, 0.3) is 0 Å². The van der Waals surface area contributed by atoms with Gasteiger partial charge in [0.2, 0.25) is 0 Å². The molecule has 2 aromatic carbocycles. The molecule has 0 N–H and O–H groups in total. The van der Waals surface area contributed by atoms with Gasteiger partial charge in [-0.2, -0.15) is 13.2 Å². The summed E-state index contributed by atoms with van der Waals surface area (Å²) in [5, 5.41) is 0. The first-order valence-corrected chi connectivity index (χ1v) is 10.0. The van der Waals surface area contributed by atoms with E-state index in [1.54, 1.807) is 24.3 Å². The number of aliphatic imine (C=N–C) groups is 1. The number of hydrogen-bond donors (Lipinski definition) is 0. The second-order valence-electron chi connectivity index (χ2n) is 7.36. The lowest BCUT2D eigenvalue weighted by molar-refractivity contribution is -0.137. The number of hydrogen-bond acceptors (Lipinski definition) is 4. The van der Waals surface area contributed by atoms with E-state index >= 15 is 0 Å². The van der Waals surface area contributed by atoms with Crippen LogP contribution in [0.25, 0.3) is 0 Å². The lowest BCUT2D eigenvalue weighted by Crippen LogP contribution is -2.49. The molecule has 0 spiro atoms. The molecular formula is C22H25ClF3N3O. The summed E-state index contributed by atoms with van der Waals surface area (Å²) in [5.41, 5.74) is -0.145. The molecule has 0 unspecified atom stereocenters. The van der Waals surface area contributed by atoms with Crippen LogP contribution >= 0.6 is 12.4 Å². The van der Waals surface area contributed by atoms with Gasteiger partial charge >= 0.3 is 6.18 Å². The summed E-state index contributed by atoms with van der Waals surface area (Å²) in [4.78, 5) is 8.98. The fraction of sp³-hybridized carbons (Fsp3) is 0.409. The van der Waals surface area contributed by atoms with Gasteiger partial charge in [0.05, 0.1) is 11.1 Å². The molecule has 0 saturated carbocycles. The Morgan fingerprint density at radius 2 is 1.67 bits per heavy atom. The molecule has 0 amide bonds. The zero-order valence-corrected chi connectivity index (χ0v) is 17.6. The van der Waals surface area contributed by atoms with Crippen LogP contribution in [0, 0.1) is 0 Å². The monoisotopic (exact) mass is 439 g/mol. The van der Waals surface area contributed by atoms with Crippen molar-refractivity contribution >= 4 is 23.9 Å². The molecule has 8 heteroatoms. The normalized spacial score (nSPS) is 16.5. The highest BCUT2D eigenvalue weighted by atomic mass is 35.5. The second kappa shape index (κ2) is 9.27. The number of nitrogens with zero attached hydrogens (tertiary/aromatic N) is 3. The van der Waals surface area contributed by atoms with Crippen LogP contribution in [0.3, 0.4) is 0 Å². The molecule has 0 bridgehead atoms. The number of unbranched alkanes of at least 4 members (excludes halogenated alkanes) is 1. The van der Waals surface area contributed by atoms with E-state index in [4.69, 9.17) is 4.74 Å². The lowest BCUT2D eigenvalue weighted by Gasteiger charge is -2.37. The van der Waals surface area contributed by atoms with Crippen molar-refractivity contribution < 1.29 is 17.9 Å². The maximum Gasteiger partial charge on any atom is 0.417 e. The topological polar surface area (TPSA) is 28.1 Å². The summed E-state index contributed by atoms with van der Waals surface area (Å²) >= 11 is 0. The number of benzene rings is 2. The van der Waals surface area contributed by atoms with Gasteiger partial charge in [-0.05, 0) is 37.2 Å². The minimum atomic E-state index is -4.49. The smallest absolute Gasteiger partial charge is 0.417 e. The van der Waals surface area contributed by atoms with E-state index in [-0.39, 0.29) is 23.7 Å². The largest absolute Gasteiger partial charge is 0.454 e. The van der Waals surface area contributed by atoms with Crippen LogP contribution in [-0.2, 0) is 6.18 Å². The Morgan fingerprint density at radius 1 is 0.967 bits per heavy atom. The highest BCUT2D eigenvalue weighted by molar-refractivity contribution is 6.05. The molecule has 0 atom stereocenters. The second-order valence-corrected chi connectivity index (χ2v) is 7.36.